The lowest BCUT2D eigenvalue weighted by Gasteiger charge is -2.33. The van der Waals surface area contributed by atoms with Crippen molar-refractivity contribution in [2.24, 2.45) is 0 Å². The molecule has 140 valence electrons. The van der Waals surface area contributed by atoms with Gasteiger partial charge in [0.1, 0.15) is 13.6 Å². The smallest absolute Gasteiger partial charge is 0.131 e. The Bertz CT molecular complexity index is 921. The van der Waals surface area contributed by atoms with E-state index in [9.17, 15) is 5.11 Å². The van der Waals surface area contributed by atoms with E-state index in [1.54, 1.807) is 20.8 Å². The number of ether oxygens (including phenoxy) is 1. The van der Waals surface area contributed by atoms with Gasteiger partial charge in [-0.15, -0.1) is 0 Å². The Hall–Kier alpha value is -2.20. The fraction of sp³-hybridized carbons (Fsp3) is 0.391. The molecule has 0 saturated carbocycles. The fourth-order valence-corrected chi connectivity index (χ4v) is 3.82. The van der Waals surface area contributed by atoms with Gasteiger partial charge in [-0.3, -0.25) is 0 Å². The van der Waals surface area contributed by atoms with Crippen LogP contribution in [-0.4, -0.2) is 28.6 Å². The number of benzene rings is 2. The molecule has 3 aromatic rings. The lowest BCUT2D eigenvalue weighted by atomic mass is 9.75. The third kappa shape index (κ3) is 4.56. The van der Waals surface area contributed by atoms with Gasteiger partial charge in [0.05, 0.1) is 16.6 Å². The van der Waals surface area contributed by atoms with Crippen molar-refractivity contribution >= 4 is 18.7 Å². The molecule has 2 radical (unpaired) electrons. The molecule has 1 atom stereocenters. The first kappa shape index (κ1) is 19.6. The van der Waals surface area contributed by atoms with E-state index in [4.69, 9.17) is 12.6 Å². The van der Waals surface area contributed by atoms with E-state index in [1.807, 2.05) is 18.2 Å². The second-order valence-electron chi connectivity index (χ2n) is 8.48. The Kier molecular flexibility index (Phi) is 5.13. The molecular formula is C23H28BNO2. The highest BCUT2D eigenvalue weighted by molar-refractivity contribution is 6.14. The van der Waals surface area contributed by atoms with Gasteiger partial charge in [0.25, 0.3) is 0 Å². The number of hydrogen-bond acceptors (Lipinski definition) is 2. The average Bonchev–Trinajstić information content (AvgIpc) is 2.91. The minimum absolute atomic E-state index is 0.300. The number of fused-ring (bicyclic) bond motifs is 1. The quantitative estimate of drug-likeness (QED) is 0.604. The van der Waals surface area contributed by atoms with E-state index < -0.39 is 11.1 Å². The molecule has 0 amide bonds. The van der Waals surface area contributed by atoms with Crippen LogP contribution in [0.15, 0.2) is 54.6 Å². The summed E-state index contributed by atoms with van der Waals surface area (Å²) in [7, 11) is 6.28. The minimum atomic E-state index is -0.955. The van der Waals surface area contributed by atoms with E-state index in [0.717, 1.165) is 10.9 Å². The van der Waals surface area contributed by atoms with Gasteiger partial charge in [-0.1, -0.05) is 30.3 Å². The summed E-state index contributed by atoms with van der Waals surface area (Å²) in [5.41, 5.74) is 1.64. The molecule has 2 aromatic carbocycles. The van der Waals surface area contributed by atoms with Crippen LogP contribution >= 0.6 is 0 Å². The summed E-state index contributed by atoms with van der Waals surface area (Å²) in [4.78, 5) is 0. The van der Waals surface area contributed by atoms with Crippen LogP contribution in [0.3, 0.4) is 0 Å². The minimum Gasteiger partial charge on any atom is -0.497 e. The van der Waals surface area contributed by atoms with E-state index in [0.29, 0.717) is 18.2 Å². The normalized spacial score (nSPS) is 14.5. The van der Waals surface area contributed by atoms with Gasteiger partial charge in [0, 0.05) is 29.6 Å². The molecule has 27 heavy (non-hydrogen) atoms. The summed E-state index contributed by atoms with van der Waals surface area (Å²) in [6.45, 7) is 9.63. The lowest BCUT2D eigenvalue weighted by Crippen LogP contribution is -2.40. The highest BCUT2D eigenvalue weighted by Gasteiger charge is 2.28. The van der Waals surface area contributed by atoms with Gasteiger partial charge in [0.2, 0.25) is 0 Å². The highest BCUT2D eigenvalue weighted by Crippen LogP contribution is 2.34. The molecule has 1 aromatic heterocycles. The molecule has 0 spiro atoms. The Morgan fingerprint density at radius 1 is 1.04 bits per heavy atom. The SMILES string of the molecule is [B]C(C)(CC(C)(C)O)Oc1ccc2cc(-c3ccccc3)n(C(C)C)c2c1. The average molecular weight is 361 g/mol. The van der Waals surface area contributed by atoms with E-state index in [1.165, 1.54) is 11.3 Å². The molecule has 1 N–H and O–H groups in total. The maximum atomic E-state index is 10.1. The van der Waals surface area contributed by atoms with Gasteiger partial charge < -0.3 is 14.4 Å². The number of aromatic nitrogens is 1. The summed E-state index contributed by atoms with van der Waals surface area (Å²) < 4.78 is 8.36. The second-order valence-corrected chi connectivity index (χ2v) is 8.48. The summed E-state index contributed by atoms with van der Waals surface area (Å²) in [6, 6.07) is 19.0. The van der Waals surface area contributed by atoms with Crippen LogP contribution in [0.2, 0.25) is 0 Å². The van der Waals surface area contributed by atoms with Crippen molar-refractivity contribution in [2.45, 2.75) is 58.2 Å². The second kappa shape index (κ2) is 7.08. The predicted octanol–water partition coefficient (Wildman–Crippen LogP) is 5.31. The zero-order chi connectivity index (χ0) is 19.8. The van der Waals surface area contributed by atoms with Gasteiger partial charge in [-0.2, -0.15) is 0 Å². The summed E-state index contributed by atoms with van der Waals surface area (Å²) in [5.74, 6) is 0.705. The van der Waals surface area contributed by atoms with Crippen LogP contribution in [0.25, 0.3) is 22.2 Å². The van der Waals surface area contributed by atoms with Crippen molar-refractivity contribution in [1.82, 2.24) is 4.57 Å². The van der Waals surface area contributed by atoms with E-state index in [-0.39, 0.29) is 0 Å². The van der Waals surface area contributed by atoms with Crippen LogP contribution < -0.4 is 4.74 Å². The van der Waals surface area contributed by atoms with Crippen molar-refractivity contribution in [2.75, 3.05) is 0 Å². The molecule has 0 aliphatic heterocycles. The Morgan fingerprint density at radius 2 is 1.70 bits per heavy atom. The maximum Gasteiger partial charge on any atom is 0.131 e. The molecule has 3 nitrogen and oxygen atoms in total. The molecule has 0 saturated heterocycles. The molecule has 0 bridgehead atoms. The molecule has 0 fully saturated rings. The van der Waals surface area contributed by atoms with Crippen LogP contribution in [0.5, 0.6) is 5.75 Å². The molecule has 3 rings (SSSR count). The van der Waals surface area contributed by atoms with Crippen LogP contribution in [-0.2, 0) is 0 Å². The molecule has 1 unspecified atom stereocenters. The van der Waals surface area contributed by atoms with E-state index in [2.05, 4.69) is 54.8 Å². The van der Waals surface area contributed by atoms with Crippen LogP contribution in [0, 0.1) is 0 Å². The Balaban J connectivity index is 2.03. The number of hydrogen-bond donors (Lipinski definition) is 1. The third-order valence-corrected chi connectivity index (χ3v) is 4.53. The third-order valence-electron chi connectivity index (χ3n) is 4.53. The van der Waals surface area contributed by atoms with Crippen molar-refractivity contribution in [3.8, 4) is 17.0 Å². The topological polar surface area (TPSA) is 34.4 Å². The first-order chi connectivity index (χ1) is 12.6. The fourth-order valence-electron chi connectivity index (χ4n) is 3.82. The van der Waals surface area contributed by atoms with E-state index >= 15 is 0 Å². The number of aliphatic hydroxyl groups is 1. The zero-order valence-corrected chi connectivity index (χ0v) is 16.9. The van der Waals surface area contributed by atoms with Crippen molar-refractivity contribution in [3.05, 3.63) is 54.6 Å². The van der Waals surface area contributed by atoms with Crippen LogP contribution in [0.4, 0.5) is 0 Å². The molecule has 0 aliphatic carbocycles. The zero-order valence-electron chi connectivity index (χ0n) is 16.9. The van der Waals surface area contributed by atoms with Gasteiger partial charge in [-0.05, 0) is 58.4 Å². The first-order valence-electron chi connectivity index (χ1n) is 9.46. The van der Waals surface area contributed by atoms with Crippen molar-refractivity contribution in [1.29, 1.82) is 0 Å². The van der Waals surface area contributed by atoms with Crippen molar-refractivity contribution in [3.63, 3.8) is 0 Å². The number of nitrogens with zero attached hydrogens (tertiary/aromatic N) is 1. The molecular weight excluding hydrogens is 333 g/mol. The highest BCUT2D eigenvalue weighted by atomic mass is 16.5. The van der Waals surface area contributed by atoms with Crippen molar-refractivity contribution < 1.29 is 9.84 Å². The molecule has 1 heterocycles. The largest absolute Gasteiger partial charge is 0.497 e. The first-order valence-corrected chi connectivity index (χ1v) is 9.46. The summed E-state index contributed by atoms with van der Waals surface area (Å²) >= 11 is 0. The van der Waals surface area contributed by atoms with Crippen LogP contribution in [0.1, 0.15) is 47.1 Å². The lowest BCUT2D eigenvalue weighted by molar-refractivity contribution is 0.0172. The van der Waals surface area contributed by atoms with Gasteiger partial charge in [0.15, 0.2) is 0 Å². The Labute approximate surface area is 163 Å². The molecule has 4 heteroatoms. The summed E-state index contributed by atoms with van der Waals surface area (Å²) in [5, 5.41) is 11.2. The standard InChI is InChI=1S/C23H28BNO2/c1-16(2)25-20(17-9-7-6-8-10-17)13-18-11-12-19(14-21(18)25)27-23(5,24)15-22(3,4)26/h6-14,16,26H,15H2,1-5H3. The summed E-state index contributed by atoms with van der Waals surface area (Å²) in [6.07, 6.45) is 0.332. The predicted molar refractivity (Wildman–Crippen MR) is 113 cm³/mol. The maximum absolute atomic E-state index is 10.1. The van der Waals surface area contributed by atoms with Gasteiger partial charge >= 0.3 is 0 Å². The molecule has 0 aliphatic rings. The van der Waals surface area contributed by atoms with Gasteiger partial charge in [-0.25, -0.2) is 0 Å². The monoisotopic (exact) mass is 361 g/mol. The Morgan fingerprint density at radius 3 is 2.30 bits per heavy atom. The number of rotatable bonds is 6.